The molecule has 3 heterocycles. The van der Waals surface area contributed by atoms with Gasteiger partial charge in [0.15, 0.2) is 0 Å². The number of amides is 2. The number of benzene rings is 1. The SMILES string of the molecule is NC1CNC2(S(=O)(=O)c3ccc(Cl)cc3Cl)CN(C3CC3)C(=O)C(Cc3cccnc3)N2C1=O. The van der Waals surface area contributed by atoms with E-state index in [-0.39, 0.29) is 46.4 Å². The van der Waals surface area contributed by atoms with Crippen LogP contribution in [0, 0.1) is 0 Å². The molecule has 0 spiro atoms. The summed E-state index contributed by atoms with van der Waals surface area (Å²) in [5.41, 5.74) is 6.75. The topological polar surface area (TPSA) is 126 Å². The number of rotatable bonds is 5. The van der Waals surface area contributed by atoms with E-state index in [0.717, 1.165) is 17.7 Å². The highest BCUT2D eigenvalue weighted by atomic mass is 35.5. The van der Waals surface area contributed by atoms with Gasteiger partial charge in [0.2, 0.25) is 26.6 Å². The smallest absolute Gasteiger partial charge is 0.246 e. The molecule has 3 atom stereocenters. The molecule has 1 aromatic carbocycles. The molecule has 1 aliphatic carbocycles. The number of piperazine rings is 1. The molecule has 3 aliphatic rings. The molecule has 0 bridgehead atoms. The molecule has 9 nitrogen and oxygen atoms in total. The third-order valence-corrected chi connectivity index (χ3v) is 9.53. The lowest BCUT2D eigenvalue weighted by Gasteiger charge is -2.56. The summed E-state index contributed by atoms with van der Waals surface area (Å²) in [4.78, 5) is 31.8. The van der Waals surface area contributed by atoms with Crippen molar-refractivity contribution in [2.45, 2.75) is 47.3 Å². The van der Waals surface area contributed by atoms with Crippen LogP contribution in [0.5, 0.6) is 0 Å². The highest BCUT2D eigenvalue weighted by Gasteiger charge is 2.64. The van der Waals surface area contributed by atoms with Crippen LogP contribution < -0.4 is 11.1 Å². The summed E-state index contributed by atoms with van der Waals surface area (Å²) in [5, 5.41) is 3.25. The van der Waals surface area contributed by atoms with E-state index >= 15 is 0 Å². The molecule has 34 heavy (non-hydrogen) atoms. The highest BCUT2D eigenvalue weighted by Crippen LogP contribution is 2.42. The average Bonchev–Trinajstić information content (AvgIpc) is 3.64. The van der Waals surface area contributed by atoms with Crippen LogP contribution in [-0.2, 0) is 25.8 Å². The van der Waals surface area contributed by atoms with Crippen molar-refractivity contribution in [1.82, 2.24) is 20.1 Å². The van der Waals surface area contributed by atoms with Gasteiger partial charge in [0, 0.05) is 36.4 Å². The Balaban J connectivity index is 1.69. The fraction of sp³-hybridized carbons (Fsp3) is 0.409. The quantitative estimate of drug-likeness (QED) is 0.602. The first-order valence-electron chi connectivity index (χ1n) is 10.9. The Labute approximate surface area is 207 Å². The van der Waals surface area contributed by atoms with Gasteiger partial charge in [-0.15, -0.1) is 0 Å². The van der Waals surface area contributed by atoms with Crippen molar-refractivity contribution in [3.8, 4) is 0 Å². The van der Waals surface area contributed by atoms with Crippen molar-refractivity contribution in [2.75, 3.05) is 13.1 Å². The number of aromatic nitrogens is 1. The highest BCUT2D eigenvalue weighted by molar-refractivity contribution is 7.93. The lowest BCUT2D eigenvalue weighted by Crippen LogP contribution is -2.83. The first-order chi connectivity index (χ1) is 16.2. The molecule has 5 rings (SSSR count). The zero-order valence-electron chi connectivity index (χ0n) is 18.0. The van der Waals surface area contributed by atoms with Crippen LogP contribution in [0.1, 0.15) is 18.4 Å². The predicted octanol–water partition coefficient (Wildman–Crippen LogP) is 1.19. The van der Waals surface area contributed by atoms with E-state index in [4.69, 9.17) is 28.9 Å². The maximum Gasteiger partial charge on any atom is 0.246 e. The molecule has 0 radical (unpaired) electrons. The molecule has 3 fully saturated rings. The molecule has 12 heteroatoms. The number of carbonyl (C=O) groups excluding carboxylic acids is 2. The Morgan fingerprint density at radius 3 is 2.59 bits per heavy atom. The van der Waals surface area contributed by atoms with Crippen molar-refractivity contribution in [3.63, 3.8) is 0 Å². The number of nitrogens with zero attached hydrogens (tertiary/aromatic N) is 3. The molecule has 180 valence electrons. The molecule has 3 unspecified atom stereocenters. The number of nitrogens with one attached hydrogen (secondary N) is 1. The Morgan fingerprint density at radius 1 is 1.18 bits per heavy atom. The Hall–Kier alpha value is -2.24. The van der Waals surface area contributed by atoms with Gasteiger partial charge in [0.25, 0.3) is 0 Å². The van der Waals surface area contributed by atoms with Gasteiger partial charge in [-0.2, -0.15) is 0 Å². The third kappa shape index (κ3) is 3.68. The van der Waals surface area contributed by atoms with E-state index in [0.29, 0.717) is 5.56 Å². The minimum Gasteiger partial charge on any atom is -0.333 e. The van der Waals surface area contributed by atoms with E-state index in [2.05, 4.69) is 10.3 Å². The van der Waals surface area contributed by atoms with Crippen molar-refractivity contribution in [1.29, 1.82) is 0 Å². The Bertz CT molecular complexity index is 1260. The fourth-order valence-corrected chi connectivity index (χ4v) is 7.45. The summed E-state index contributed by atoms with van der Waals surface area (Å²) >= 11 is 12.3. The van der Waals surface area contributed by atoms with E-state index < -0.39 is 32.8 Å². The summed E-state index contributed by atoms with van der Waals surface area (Å²) in [6.45, 7) is -0.286. The molecular weight excluding hydrogens is 501 g/mol. The van der Waals surface area contributed by atoms with Gasteiger partial charge >= 0.3 is 0 Å². The standard InChI is InChI=1S/C22H23Cl2N5O4S/c23-14-3-6-19(16(24)9-14)34(32,33)22-12-28(15-4-5-15)21(31)18(8-13-2-1-7-26-10-13)29(22)20(30)17(25)11-27-22/h1-3,6-7,9-10,15,17-18,27H,4-5,8,11-12,25H2. The second kappa shape index (κ2) is 8.46. The number of carbonyl (C=O) groups is 2. The normalized spacial score (nSPS) is 27.6. The van der Waals surface area contributed by atoms with Crippen molar-refractivity contribution in [3.05, 3.63) is 58.3 Å². The first-order valence-corrected chi connectivity index (χ1v) is 13.1. The van der Waals surface area contributed by atoms with Gasteiger partial charge in [-0.05, 0) is 42.7 Å². The van der Waals surface area contributed by atoms with Crippen LogP contribution >= 0.6 is 23.2 Å². The van der Waals surface area contributed by atoms with Gasteiger partial charge in [-0.3, -0.25) is 24.8 Å². The second-order valence-electron chi connectivity index (χ2n) is 8.84. The maximum atomic E-state index is 14.2. The molecule has 2 aliphatic heterocycles. The monoisotopic (exact) mass is 523 g/mol. The summed E-state index contributed by atoms with van der Waals surface area (Å²) in [7, 11) is -4.34. The third-order valence-electron chi connectivity index (χ3n) is 6.57. The minimum absolute atomic E-state index is 0.0634. The number of fused-ring (bicyclic) bond motifs is 1. The summed E-state index contributed by atoms with van der Waals surface area (Å²) in [6.07, 6.45) is 4.84. The number of halogens is 2. The van der Waals surface area contributed by atoms with E-state index in [1.807, 2.05) is 0 Å². The van der Waals surface area contributed by atoms with Crippen LogP contribution in [0.25, 0.3) is 0 Å². The zero-order chi connectivity index (χ0) is 24.3. The fourth-order valence-electron chi connectivity index (χ4n) is 4.75. The zero-order valence-corrected chi connectivity index (χ0v) is 20.4. The van der Waals surface area contributed by atoms with E-state index in [1.54, 1.807) is 29.4 Å². The lowest BCUT2D eigenvalue weighted by molar-refractivity contribution is -0.165. The molecule has 3 N–H and O–H groups in total. The van der Waals surface area contributed by atoms with Crippen LogP contribution in [0.2, 0.25) is 10.0 Å². The molecule has 1 aromatic heterocycles. The maximum absolute atomic E-state index is 14.2. The van der Waals surface area contributed by atoms with Crippen LogP contribution in [-0.4, -0.2) is 71.2 Å². The number of hydrogen-bond acceptors (Lipinski definition) is 7. The first kappa shape index (κ1) is 23.5. The summed E-state index contributed by atoms with van der Waals surface area (Å²) < 4.78 is 28.5. The van der Waals surface area contributed by atoms with Gasteiger partial charge in [-0.1, -0.05) is 29.3 Å². The Morgan fingerprint density at radius 2 is 1.94 bits per heavy atom. The average molecular weight is 524 g/mol. The molecule has 2 saturated heterocycles. The molecule has 2 amide bonds. The van der Waals surface area contributed by atoms with Crippen molar-refractivity contribution >= 4 is 44.9 Å². The van der Waals surface area contributed by atoms with Gasteiger partial charge < -0.3 is 10.6 Å². The summed E-state index contributed by atoms with van der Waals surface area (Å²) in [5.74, 6) is -0.909. The van der Waals surface area contributed by atoms with Crippen molar-refractivity contribution in [2.24, 2.45) is 5.73 Å². The van der Waals surface area contributed by atoms with Crippen LogP contribution in [0.4, 0.5) is 0 Å². The van der Waals surface area contributed by atoms with Crippen LogP contribution in [0.3, 0.4) is 0 Å². The lowest BCUT2D eigenvalue weighted by atomic mass is 9.97. The van der Waals surface area contributed by atoms with Gasteiger partial charge in [0.05, 0.1) is 22.5 Å². The molecule has 1 saturated carbocycles. The number of sulfone groups is 1. The minimum atomic E-state index is -4.34. The largest absolute Gasteiger partial charge is 0.333 e. The molecular formula is C22H23Cl2N5O4S. The van der Waals surface area contributed by atoms with Gasteiger partial charge in [-0.25, -0.2) is 8.42 Å². The predicted molar refractivity (Wildman–Crippen MR) is 126 cm³/mol. The van der Waals surface area contributed by atoms with E-state index in [1.165, 1.54) is 18.2 Å². The summed E-state index contributed by atoms with van der Waals surface area (Å²) in [6, 6.07) is 5.44. The van der Waals surface area contributed by atoms with Crippen LogP contribution in [0.15, 0.2) is 47.6 Å². The Kier molecular flexibility index (Phi) is 5.84. The second-order valence-corrected chi connectivity index (χ2v) is 11.8. The molecule has 2 aromatic rings. The van der Waals surface area contributed by atoms with Crippen molar-refractivity contribution < 1.29 is 18.0 Å². The number of hydrogen-bond donors (Lipinski definition) is 2. The van der Waals surface area contributed by atoms with E-state index in [9.17, 15) is 18.0 Å². The number of pyridine rings is 1. The van der Waals surface area contributed by atoms with Gasteiger partial charge in [0.1, 0.15) is 6.04 Å². The number of nitrogens with two attached hydrogens (primary N) is 1.